The third-order valence-electron chi connectivity index (χ3n) is 4.00. The van der Waals surface area contributed by atoms with Crippen LogP contribution in [0.2, 0.25) is 0 Å². The Morgan fingerprint density at radius 2 is 2.22 bits per heavy atom. The van der Waals surface area contributed by atoms with Crippen LogP contribution in [0.5, 0.6) is 5.88 Å². The van der Waals surface area contributed by atoms with Gasteiger partial charge < -0.3 is 9.57 Å². The average molecular weight is 381 g/mol. The molecule has 138 valence electrons. The van der Waals surface area contributed by atoms with Gasteiger partial charge >= 0.3 is 0 Å². The van der Waals surface area contributed by atoms with Gasteiger partial charge in [0.15, 0.2) is 5.69 Å². The summed E-state index contributed by atoms with van der Waals surface area (Å²) in [5.74, 6) is 0.499. The fourth-order valence-corrected chi connectivity index (χ4v) is 3.71. The van der Waals surface area contributed by atoms with Gasteiger partial charge in [-0.25, -0.2) is 15.0 Å². The van der Waals surface area contributed by atoms with Crippen LogP contribution < -0.4 is 4.74 Å². The van der Waals surface area contributed by atoms with Crippen molar-refractivity contribution < 1.29 is 9.57 Å². The predicted octanol–water partition coefficient (Wildman–Crippen LogP) is 3.88. The van der Waals surface area contributed by atoms with Gasteiger partial charge in [-0.1, -0.05) is 12.1 Å². The molecule has 0 bridgehead atoms. The Bertz CT molecular complexity index is 971. The average Bonchev–Trinajstić information content (AvgIpc) is 3.10. The first-order chi connectivity index (χ1) is 13.3. The summed E-state index contributed by atoms with van der Waals surface area (Å²) in [6.07, 6.45) is 6.84. The highest BCUT2D eigenvalue weighted by Gasteiger charge is 2.23. The van der Waals surface area contributed by atoms with Gasteiger partial charge in [0.25, 0.3) is 0 Å². The van der Waals surface area contributed by atoms with E-state index in [1.54, 1.807) is 23.7 Å². The largest absolute Gasteiger partial charge is 0.476 e. The monoisotopic (exact) mass is 381 g/mol. The van der Waals surface area contributed by atoms with Gasteiger partial charge in [-0.2, -0.15) is 0 Å². The van der Waals surface area contributed by atoms with E-state index in [4.69, 9.17) is 14.6 Å². The molecule has 0 aliphatic carbocycles. The molecule has 3 aromatic rings. The Morgan fingerprint density at radius 1 is 1.30 bits per heavy atom. The number of ether oxygens (including phenoxy) is 1. The molecule has 0 saturated heterocycles. The molecule has 0 aromatic carbocycles. The summed E-state index contributed by atoms with van der Waals surface area (Å²) in [6, 6.07) is 3.90. The Labute approximate surface area is 161 Å². The number of rotatable bonds is 5. The summed E-state index contributed by atoms with van der Waals surface area (Å²) in [5.41, 5.74) is 4.07. The second-order valence-electron chi connectivity index (χ2n) is 6.05. The number of pyridine rings is 1. The summed E-state index contributed by atoms with van der Waals surface area (Å²) >= 11 is 1.57. The minimum Gasteiger partial charge on any atom is -0.476 e. The van der Waals surface area contributed by atoms with Gasteiger partial charge in [0, 0.05) is 24.4 Å². The fraction of sp³-hybridized carbons (Fsp3) is 0.316. The fourth-order valence-electron chi connectivity index (χ4n) is 2.69. The van der Waals surface area contributed by atoms with Gasteiger partial charge in [0.1, 0.15) is 23.0 Å². The van der Waals surface area contributed by atoms with Gasteiger partial charge in [0.05, 0.1) is 23.4 Å². The first-order valence-corrected chi connectivity index (χ1v) is 9.65. The van der Waals surface area contributed by atoms with Crippen molar-refractivity contribution in [3.63, 3.8) is 0 Å². The zero-order valence-electron chi connectivity index (χ0n) is 15.2. The molecule has 0 atom stereocenters. The molecule has 1 aliphatic heterocycles. The minimum absolute atomic E-state index is 0.499. The highest BCUT2D eigenvalue weighted by Crippen LogP contribution is 2.35. The molecule has 0 saturated carbocycles. The van der Waals surface area contributed by atoms with Gasteiger partial charge in [-0.05, 0) is 25.5 Å². The number of nitrogens with zero attached hydrogens (tertiary/aromatic N) is 5. The van der Waals surface area contributed by atoms with Crippen LogP contribution in [0, 0.1) is 6.92 Å². The lowest BCUT2D eigenvalue weighted by atomic mass is 10.1. The quantitative estimate of drug-likeness (QED) is 0.493. The molecule has 8 heteroatoms. The van der Waals surface area contributed by atoms with Crippen LogP contribution in [0.4, 0.5) is 0 Å². The molecule has 7 nitrogen and oxygen atoms in total. The zero-order chi connectivity index (χ0) is 18.6. The normalized spacial score (nSPS) is 14.7. The molecule has 3 aromatic heterocycles. The van der Waals surface area contributed by atoms with E-state index in [1.165, 1.54) is 0 Å². The van der Waals surface area contributed by atoms with E-state index in [0.29, 0.717) is 31.2 Å². The lowest BCUT2D eigenvalue weighted by molar-refractivity contribution is 0.143. The SMILES string of the molecule is CCCO/N=C1\CCOc2ncc(-c3sc(-c4cccnc4)nc3C)nc21. The van der Waals surface area contributed by atoms with Crippen LogP contribution in [-0.4, -0.2) is 38.9 Å². The van der Waals surface area contributed by atoms with Crippen LogP contribution in [0.15, 0.2) is 35.9 Å². The lowest BCUT2D eigenvalue weighted by Gasteiger charge is -2.17. The Morgan fingerprint density at radius 3 is 3.04 bits per heavy atom. The molecular weight excluding hydrogens is 362 g/mol. The van der Waals surface area contributed by atoms with Gasteiger partial charge in [-0.15, -0.1) is 11.3 Å². The number of aryl methyl sites for hydroxylation is 1. The van der Waals surface area contributed by atoms with E-state index in [9.17, 15) is 0 Å². The van der Waals surface area contributed by atoms with Crippen molar-refractivity contribution in [1.82, 2.24) is 19.9 Å². The maximum Gasteiger partial charge on any atom is 0.242 e. The standard InChI is InChI=1S/C19H19N5O2S/c1-3-8-26-24-14-6-9-25-18-16(14)23-15(11-21-18)17-12(2)22-19(27-17)13-5-4-7-20-10-13/h4-5,7,10-11H,3,6,8-9H2,1-2H3/b24-14+. The second kappa shape index (κ2) is 7.79. The number of hydrogen-bond donors (Lipinski definition) is 0. The molecule has 0 spiro atoms. The summed E-state index contributed by atoms with van der Waals surface area (Å²) in [7, 11) is 0. The van der Waals surface area contributed by atoms with Crippen molar-refractivity contribution in [2.45, 2.75) is 26.7 Å². The summed E-state index contributed by atoms with van der Waals surface area (Å²) in [5, 5.41) is 5.15. The van der Waals surface area contributed by atoms with Crippen molar-refractivity contribution in [2.75, 3.05) is 13.2 Å². The summed E-state index contributed by atoms with van der Waals surface area (Å²) < 4.78 is 5.63. The summed E-state index contributed by atoms with van der Waals surface area (Å²) in [4.78, 5) is 24.4. The molecule has 0 N–H and O–H groups in total. The van der Waals surface area contributed by atoms with Crippen molar-refractivity contribution in [3.05, 3.63) is 42.1 Å². The molecule has 4 heterocycles. The first kappa shape index (κ1) is 17.5. The van der Waals surface area contributed by atoms with E-state index in [-0.39, 0.29) is 0 Å². The minimum atomic E-state index is 0.499. The number of fused-ring (bicyclic) bond motifs is 1. The zero-order valence-corrected chi connectivity index (χ0v) is 16.0. The van der Waals surface area contributed by atoms with E-state index < -0.39 is 0 Å². The van der Waals surface area contributed by atoms with E-state index in [1.807, 2.05) is 32.2 Å². The molecular formula is C19H19N5O2S. The van der Waals surface area contributed by atoms with Crippen molar-refractivity contribution >= 4 is 17.0 Å². The van der Waals surface area contributed by atoms with E-state index in [2.05, 4.69) is 20.1 Å². The third-order valence-corrected chi connectivity index (χ3v) is 5.23. The predicted molar refractivity (Wildman–Crippen MR) is 104 cm³/mol. The Kier molecular flexibility index (Phi) is 5.06. The van der Waals surface area contributed by atoms with E-state index >= 15 is 0 Å². The van der Waals surface area contributed by atoms with Crippen LogP contribution in [-0.2, 0) is 4.84 Å². The maximum absolute atomic E-state index is 5.63. The highest BCUT2D eigenvalue weighted by molar-refractivity contribution is 7.18. The van der Waals surface area contributed by atoms with Crippen LogP contribution >= 0.6 is 11.3 Å². The van der Waals surface area contributed by atoms with Gasteiger partial charge in [-0.3, -0.25) is 4.98 Å². The molecule has 0 radical (unpaired) electrons. The number of hydrogen-bond acceptors (Lipinski definition) is 8. The first-order valence-electron chi connectivity index (χ1n) is 8.83. The Hall–Kier alpha value is -2.87. The topological polar surface area (TPSA) is 82.4 Å². The second-order valence-corrected chi connectivity index (χ2v) is 7.05. The molecule has 27 heavy (non-hydrogen) atoms. The van der Waals surface area contributed by atoms with Crippen molar-refractivity contribution in [1.29, 1.82) is 0 Å². The number of aromatic nitrogens is 4. The van der Waals surface area contributed by atoms with Crippen LogP contribution in [0.1, 0.15) is 31.2 Å². The highest BCUT2D eigenvalue weighted by atomic mass is 32.1. The maximum atomic E-state index is 5.63. The molecule has 4 rings (SSSR count). The smallest absolute Gasteiger partial charge is 0.242 e. The number of thiazole rings is 1. The molecule has 0 fully saturated rings. The molecule has 0 amide bonds. The molecule has 1 aliphatic rings. The summed E-state index contributed by atoms with van der Waals surface area (Å²) in [6.45, 7) is 5.13. The van der Waals surface area contributed by atoms with E-state index in [0.717, 1.165) is 39.0 Å². The van der Waals surface area contributed by atoms with Crippen molar-refractivity contribution in [3.8, 4) is 27.0 Å². The van der Waals surface area contributed by atoms with Crippen molar-refractivity contribution in [2.24, 2.45) is 5.16 Å². The third kappa shape index (κ3) is 3.66. The Balaban J connectivity index is 1.71. The lowest BCUT2D eigenvalue weighted by Crippen LogP contribution is -2.19. The van der Waals surface area contributed by atoms with Gasteiger partial charge in [0.2, 0.25) is 5.88 Å². The van der Waals surface area contributed by atoms with Crippen LogP contribution in [0.3, 0.4) is 0 Å². The van der Waals surface area contributed by atoms with Crippen LogP contribution in [0.25, 0.3) is 21.1 Å². The number of oxime groups is 1. The molecule has 0 unspecified atom stereocenters.